The third-order valence-electron chi connectivity index (χ3n) is 10.2. The molecule has 8 nitrogen and oxygen atoms in total. The zero-order chi connectivity index (χ0) is 33.0. The molecule has 0 N–H and O–H groups in total. The molecule has 2 aromatic carbocycles. The number of pyridine rings is 1. The van der Waals surface area contributed by atoms with Crippen molar-refractivity contribution in [2.24, 2.45) is 12.5 Å². The van der Waals surface area contributed by atoms with Gasteiger partial charge in [-0.25, -0.2) is 13.6 Å². The second-order valence-electron chi connectivity index (χ2n) is 14.3. The quantitative estimate of drug-likeness (QED) is 0.296. The first-order chi connectivity index (χ1) is 21.8. The number of aryl methyl sites for hydroxylation is 3. The van der Waals surface area contributed by atoms with E-state index in [1.807, 2.05) is 45.0 Å². The molecule has 46 heavy (non-hydrogen) atoms. The van der Waals surface area contributed by atoms with E-state index in [2.05, 4.69) is 9.80 Å². The maximum atomic E-state index is 14.8. The number of alkyl halides is 2. The normalized spacial score (nSPS) is 18.3. The minimum absolute atomic E-state index is 0.0529. The molecule has 3 aliphatic rings. The first kappa shape index (κ1) is 32.1. The van der Waals surface area contributed by atoms with E-state index < -0.39 is 12.0 Å². The maximum absolute atomic E-state index is 14.8. The molecule has 0 atom stereocenters. The van der Waals surface area contributed by atoms with Crippen molar-refractivity contribution in [3.8, 4) is 5.75 Å². The van der Waals surface area contributed by atoms with Gasteiger partial charge in [-0.15, -0.1) is 0 Å². The molecule has 1 spiro atoms. The van der Waals surface area contributed by atoms with E-state index >= 15 is 0 Å². The number of aromatic nitrogens is 1. The van der Waals surface area contributed by atoms with Gasteiger partial charge in [0.05, 0.1) is 18.3 Å². The number of ether oxygens (including phenoxy) is 2. The van der Waals surface area contributed by atoms with Crippen molar-refractivity contribution >= 4 is 34.1 Å². The number of piperidine rings is 2. The Hall–Kier alpha value is -3.82. The lowest BCUT2D eigenvalue weighted by Gasteiger charge is -2.47. The Balaban J connectivity index is 1.27. The van der Waals surface area contributed by atoms with Gasteiger partial charge in [0.2, 0.25) is 0 Å². The van der Waals surface area contributed by atoms with Gasteiger partial charge in [-0.1, -0.05) is 0 Å². The molecule has 1 amide bonds. The summed E-state index contributed by atoms with van der Waals surface area (Å²) in [6.07, 6.45) is 2.43. The van der Waals surface area contributed by atoms with Crippen LogP contribution in [0.25, 0.3) is 10.9 Å². The van der Waals surface area contributed by atoms with Gasteiger partial charge in [-0.3, -0.25) is 4.79 Å². The Kier molecular flexibility index (Phi) is 8.44. The van der Waals surface area contributed by atoms with E-state index in [1.54, 1.807) is 36.6 Å². The largest absolute Gasteiger partial charge is 0.497 e. The van der Waals surface area contributed by atoms with Crippen LogP contribution in [0.1, 0.15) is 76.0 Å². The summed E-state index contributed by atoms with van der Waals surface area (Å²) in [5.74, 6) is 0.610. The molecule has 6 rings (SSSR count). The van der Waals surface area contributed by atoms with Crippen molar-refractivity contribution in [1.29, 1.82) is 0 Å². The third kappa shape index (κ3) is 6.02. The van der Waals surface area contributed by atoms with E-state index in [0.29, 0.717) is 49.7 Å². The van der Waals surface area contributed by atoms with Gasteiger partial charge in [0.25, 0.3) is 12.0 Å². The number of nitrogens with zero attached hydrogens (tertiary/aromatic N) is 4. The summed E-state index contributed by atoms with van der Waals surface area (Å²) in [6, 6.07) is 9.37. The molecule has 1 aromatic heterocycles. The van der Waals surface area contributed by atoms with Crippen molar-refractivity contribution in [2.45, 2.75) is 78.2 Å². The predicted molar refractivity (Wildman–Crippen MR) is 178 cm³/mol. The smallest absolute Gasteiger partial charge is 0.410 e. The molecular formula is C36H46F2N4O4. The van der Waals surface area contributed by atoms with Crippen LogP contribution in [-0.2, 0) is 18.2 Å². The molecule has 10 heteroatoms. The van der Waals surface area contributed by atoms with Crippen LogP contribution in [0.4, 0.5) is 30.6 Å². The van der Waals surface area contributed by atoms with E-state index in [-0.39, 0.29) is 22.6 Å². The first-order valence-electron chi connectivity index (χ1n) is 16.4. The van der Waals surface area contributed by atoms with Crippen LogP contribution in [-0.4, -0.2) is 61.0 Å². The topological polar surface area (TPSA) is 67.2 Å². The number of hydrogen-bond acceptors (Lipinski definition) is 6. The lowest BCUT2D eigenvalue weighted by molar-refractivity contribution is 0.00665. The third-order valence-corrected chi connectivity index (χ3v) is 10.2. The molecule has 4 heterocycles. The number of amides is 1. The van der Waals surface area contributed by atoms with Crippen LogP contribution in [0, 0.1) is 12.3 Å². The standard InChI is InChI=1S/C36H46F2N4O4/c1-23-18-26-29(39(5)33(23)43)20-25(45-6)21-31(26)42-13-7-8-24-19-30(27(32(37)38)22-28(24)42)40-14-9-36(10-15-40)11-16-41(17-12-36)34(44)46-35(2,3)4/h18-22,32H,7-17H2,1-6H3. The fourth-order valence-electron chi connectivity index (χ4n) is 7.56. The molecule has 0 aliphatic carbocycles. The Morgan fingerprint density at radius 1 is 0.913 bits per heavy atom. The number of carbonyl (C=O) groups excluding carboxylic acids is 1. The molecule has 0 bridgehead atoms. The highest BCUT2D eigenvalue weighted by Crippen LogP contribution is 2.47. The van der Waals surface area contributed by atoms with E-state index in [4.69, 9.17) is 9.47 Å². The fraction of sp³-hybridized carbons (Fsp3) is 0.556. The summed E-state index contributed by atoms with van der Waals surface area (Å²) in [5, 5.41) is 0.884. The Morgan fingerprint density at radius 2 is 1.59 bits per heavy atom. The van der Waals surface area contributed by atoms with Gasteiger partial charge in [0, 0.05) is 79.8 Å². The number of rotatable bonds is 4. The maximum Gasteiger partial charge on any atom is 0.410 e. The highest BCUT2D eigenvalue weighted by Gasteiger charge is 2.40. The minimum Gasteiger partial charge on any atom is -0.497 e. The molecule has 0 unspecified atom stereocenters. The van der Waals surface area contributed by atoms with Crippen molar-refractivity contribution in [1.82, 2.24) is 9.47 Å². The number of hydrogen-bond donors (Lipinski definition) is 0. The van der Waals surface area contributed by atoms with Gasteiger partial charge >= 0.3 is 6.09 Å². The second-order valence-corrected chi connectivity index (χ2v) is 14.3. The van der Waals surface area contributed by atoms with Crippen LogP contribution in [0.5, 0.6) is 5.75 Å². The zero-order valence-corrected chi connectivity index (χ0v) is 27.9. The number of anilines is 3. The monoisotopic (exact) mass is 636 g/mol. The van der Waals surface area contributed by atoms with Crippen LogP contribution < -0.4 is 20.1 Å². The van der Waals surface area contributed by atoms with Gasteiger partial charge in [-0.05, 0) is 95.4 Å². The van der Waals surface area contributed by atoms with E-state index in [0.717, 1.165) is 66.4 Å². The molecule has 2 fully saturated rings. The Bertz CT molecular complexity index is 1700. The summed E-state index contributed by atoms with van der Waals surface area (Å²) >= 11 is 0. The molecular weight excluding hydrogens is 590 g/mol. The summed E-state index contributed by atoms with van der Waals surface area (Å²) < 4.78 is 42.5. The summed E-state index contributed by atoms with van der Waals surface area (Å²) in [4.78, 5) is 31.4. The average molecular weight is 637 g/mol. The molecule has 2 saturated heterocycles. The van der Waals surface area contributed by atoms with Crippen molar-refractivity contribution in [3.63, 3.8) is 0 Å². The highest BCUT2D eigenvalue weighted by molar-refractivity contribution is 5.96. The number of fused-ring (bicyclic) bond motifs is 2. The highest BCUT2D eigenvalue weighted by atomic mass is 19.3. The van der Waals surface area contributed by atoms with Crippen molar-refractivity contribution in [3.05, 3.63) is 57.4 Å². The predicted octanol–water partition coefficient (Wildman–Crippen LogP) is 7.49. The Labute approximate surface area is 269 Å². The van der Waals surface area contributed by atoms with Gasteiger partial charge in [0.1, 0.15) is 11.4 Å². The van der Waals surface area contributed by atoms with Crippen LogP contribution >= 0.6 is 0 Å². The van der Waals surface area contributed by atoms with E-state index in [9.17, 15) is 18.4 Å². The summed E-state index contributed by atoms with van der Waals surface area (Å²) in [7, 11) is 3.34. The fourth-order valence-corrected chi connectivity index (χ4v) is 7.56. The summed E-state index contributed by atoms with van der Waals surface area (Å²) in [6.45, 7) is 10.9. The van der Waals surface area contributed by atoms with Gasteiger partial charge in [-0.2, -0.15) is 0 Å². The number of likely N-dealkylation sites (tertiary alicyclic amines) is 1. The number of carbonyl (C=O) groups is 1. The second kappa shape index (κ2) is 12.1. The molecule has 0 saturated carbocycles. The van der Waals surface area contributed by atoms with Crippen LogP contribution in [0.3, 0.4) is 0 Å². The molecule has 0 radical (unpaired) electrons. The first-order valence-corrected chi connectivity index (χ1v) is 16.4. The van der Waals surface area contributed by atoms with Crippen LogP contribution in [0.2, 0.25) is 0 Å². The van der Waals surface area contributed by atoms with Gasteiger partial charge < -0.3 is 28.7 Å². The van der Waals surface area contributed by atoms with E-state index in [1.165, 1.54) is 0 Å². The molecule has 248 valence electrons. The Morgan fingerprint density at radius 3 is 2.22 bits per heavy atom. The molecule has 3 aromatic rings. The number of benzene rings is 2. The number of methoxy groups -OCH3 is 1. The lowest BCUT2D eigenvalue weighted by atomic mass is 9.71. The van der Waals surface area contributed by atoms with Crippen LogP contribution in [0.15, 0.2) is 35.1 Å². The lowest BCUT2D eigenvalue weighted by Crippen LogP contribution is -2.49. The average Bonchev–Trinajstić information content (AvgIpc) is 3.02. The van der Waals surface area contributed by atoms with Gasteiger partial charge in [0.15, 0.2) is 0 Å². The molecule has 3 aliphatic heterocycles. The van der Waals surface area contributed by atoms with Crippen molar-refractivity contribution in [2.75, 3.05) is 49.6 Å². The zero-order valence-electron chi connectivity index (χ0n) is 27.9. The van der Waals surface area contributed by atoms with Crippen molar-refractivity contribution < 1.29 is 23.0 Å². The minimum atomic E-state index is -2.62. The summed E-state index contributed by atoms with van der Waals surface area (Å²) in [5.41, 5.74) is 4.25. The SMILES string of the molecule is COc1cc(N2CCCc3cc(N4CCC5(CCN(C(=O)OC(C)(C)C)CC5)CC4)c(C(F)F)cc32)c2cc(C)c(=O)n(C)c2c1. The number of halogens is 2.